The summed E-state index contributed by atoms with van der Waals surface area (Å²) < 4.78 is 5.61. The summed E-state index contributed by atoms with van der Waals surface area (Å²) in [5, 5.41) is 3.56. The lowest BCUT2D eigenvalue weighted by Gasteiger charge is -2.23. The number of nitrogens with one attached hydrogen (secondary N) is 1. The second-order valence-corrected chi connectivity index (χ2v) is 5.28. The summed E-state index contributed by atoms with van der Waals surface area (Å²) in [6.07, 6.45) is 8.37. The molecule has 5 heteroatoms. The van der Waals surface area contributed by atoms with Crippen LogP contribution in [-0.4, -0.2) is 24.2 Å². The van der Waals surface area contributed by atoms with Gasteiger partial charge in [0, 0.05) is 18.8 Å². The first-order chi connectivity index (χ1) is 7.95. The molecule has 2 rings (SSSR count). The molecule has 0 saturated carbocycles. The fourth-order valence-corrected chi connectivity index (χ4v) is 2.62. The number of aromatic nitrogens is 1. The molecule has 0 spiro atoms. The maximum Gasteiger partial charge on any atom is 0.0825 e. The van der Waals surface area contributed by atoms with Crippen molar-refractivity contribution < 1.29 is 4.74 Å². The first kappa shape index (κ1) is 14.9. The number of piperidine rings is 1. The number of nitrogens with zero attached hydrogens (tertiary/aromatic N) is 1. The van der Waals surface area contributed by atoms with Crippen LogP contribution in [-0.2, 0) is 11.3 Å². The van der Waals surface area contributed by atoms with Gasteiger partial charge in [0.2, 0.25) is 0 Å². The van der Waals surface area contributed by atoms with Gasteiger partial charge in [-0.25, -0.2) is 0 Å². The van der Waals surface area contributed by atoms with Gasteiger partial charge in [-0.3, -0.25) is 4.98 Å². The van der Waals surface area contributed by atoms with Crippen LogP contribution in [0.5, 0.6) is 0 Å². The summed E-state index contributed by atoms with van der Waals surface area (Å²) in [6.45, 7) is 2.80. The van der Waals surface area contributed by atoms with E-state index in [2.05, 4.69) is 10.3 Å². The predicted molar refractivity (Wildman–Crippen MR) is 73.9 cm³/mol. The molecule has 0 aromatic carbocycles. The smallest absolute Gasteiger partial charge is 0.0825 e. The fraction of sp³-hybridized carbons (Fsp3) is 0.750. The highest BCUT2D eigenvalue weighted by atomic mass is 35.5. The van der Waals surface area contributed by atoms with Crippen LogP contribution >= 0.6 is 23.7 Å². The summed E-state index contributed by atoms with van der Waals surface area (Å²) in [5.74, 6) is 0. The lowest BCUT2D eigenvalue weighted by atomic mass is 10.0. The molecule has 0 amide bonds. The second-order valence-electron chi connectivity index (χ2n) is 4.31. The van der Waals surface area contributed by atoms with E-state index in [1.54, 1.807) is 11.3 Å². The van der Waals surface area contributed by atoms with E-state index in [1.807, 2.05) is 11.7 Å². The van der Waals surface area contributed by atoms with E-state index in [4.69, 9.17) is 4.74 Å². The minimum absolute atomic E-state index is 0. The van der Waals surface area contributed by atoms with E-state index in [1.165, 1.54) is 37.1 Å². The van der Waals surface area contributed by atoms with Crippen molar-refractivity contribution in [3.05, 3.63) is 16.6 Å². The quantitative estimate of drug-likeness (QED) is 0.811. The Morgan fingerprint density at radius 3 is 3.12 bits per heavy atom. The topological polar surface area (TPSA) is 34.1 Å². The second kappa shape index (κ2) is 8.86. The van der Waals surface area contributed by atoms with Crippen LogP contribution in [0.3, 0.4) is 0 Å². The van der Waals surface area contributed by atoms with Crippen molar-refractivity contribution in [3.8, 4) is 0 Å². The Morgan fingerprint density at radius 2 is 2.41 bits per heavy atom. The van der Waals surface area contributed by atoms with Crippen LogP contribution < -0.4 is 5.32 Å². The van der Waals surface area contributed by atoms with Crippen molar-refractivity contribution in [1.29, 1.82) is 0 Å². The average Bonchev–Trinajstić information content (AvgIpc) is 2.83. The fourth-order valence-electron chi connectivity index (χ4n) is 2.09. The van der Waals surface area contributed by atoms with Gasteiger partial charge in [-0.05, 0) is 32.2 Å². The number of ether oxygens (including phenoxy) is 1. The van der Waals surface area contributed by atoms with E-state index in [0.29, 0.717) is 0 Å². The Balaban J connectivity index is 0.00000144. The molecule has 1 aliphatic heterocycles. The number of hydrogen-bond donors (Lipinski definition) is 1. The van der Waals surface area contributed by atoms with Crippen LogP contribution in [0, 0.1) is 0 Å². The Hall–Kier alpha value is -0.160. The molecule has 1 saturated heterocycles. The molecule has 1 unspecified atom stereocenters. The minimum Gasteiger partial charge on any atom is -0.376 e. The summed E-state index contributed by atoms with van der Waals surface area (Å²) in [6, 6.07) is 0.737. The van der Waals surface area contributed by atoms with Gasteiger partial charge in [0.05, 0.1) is 17.0 Å². The van der Waals surface area contributed by atoms with Gasteiger partial charge in [0.25, 0.3) is 0 Å². The highest BCUT2D eigenvalue weighted by molar-refractivity contribution is 7.09. The number of halogens is 1. The minimum atomic E-state index is 0. The molecule has 1 aliphatic rings. The molecule has 1 fully saturated rings. The van der Waals surface area contributed by atoms with E-state index in [9.17, 15) is 0 Å². The molecule has 98 valence electrons. The first-order valence-electron chi connectivity index (χ1n) is 6.13. The Morgan fingerprint density at radius 1 is 1.47 bits per heavy atom. The van der Waals surface area contributed by atoms with Crippen molar-refractivity contribution in [2.24, 2.45) is 0 Å². The summed E-state index contributed by atoms with van der Waals surface area (Å²) in [5.41, 5.74) is 1.85. The van der Waals surface area contributed by atoms with Gasteiger partial charge in [-0.15, -0.1) is 23.7 Å². The predicted octanol–water partition coefficient (Wildman–Crippen LogP) is 3.00. The zero-order valence-corrected chi connectivity index (χ0v) is 11.7. The summed E-state index contributed by atoms with van der Waals surface area (Å²) in [4.78, 5) is 5.24. The van der Waals surface area contributed by atoms with Crippen LogP contribution in [0.15, 0.2) is 11.7 Å². The molecule has 1 atom stereocenters. The lowest BCUT2D eigenvalue weighted by Crippen LogP contribution is -2.33. The van der Waals surface area contributed by atoms with Crippen LogP contribution in [0.25, 0.3) is 0 Å². The third-order valence-electron chi connectivity index (χ3n) is 2.98. The van der Waals surface area contributed by atoms with E-state index in [0.717, 1.165) is 25.7 Å². The van der Waals surface area contributed by atoms with Crippen molar-refractivity contribution in [1.82, 2.24) is 10.3 Å². The van der Waals surface area contributed by atoms with E-state index >= 15 is 0 Å². The third-order valence-corrected chi connectivity index (χ3v) is 3.73. The SMILES string of the molecule is Cl.c1ncc(COCCCC2CCCCN2)s1. The molecule has 1 N–H and O–H groups in total. The van der Waals surface area contributed by atoms with E-state index < -0.39 is 0 Å². The van der Waals surface area contributed by atoms with Gasteiger partial charge >= 0.3 is 0 Å². The monoisotopic (exact) mass is 276 g/mol. The third kappa shape index (κ3) is 5.82. The molecule has 1 aromatic rings. The average molecular weight is 277 g/mol. The highest BCUT2D eigenvalue weighted by Crippen LogP contribution is 2.12. The van der Waals surface area contributed by atoms with Gasteiger partial charge in [-0.2, -0.15) is 0 Å². The molecule has 1 aromatic heterocycles. The lowest BCUT2D eigenvalue weighted by molar-refractivity contribution is 0.116. The zero-order chi connectivity index (χ0) is 11.1. The molecule has 0 radical (unpaired) electrons. The molecule has 2 heterocycles. The van der Waals surface area contributed by atoms with Crippen molar-refractivity contribution in [3.63, 3.8) is 0 Å². The normalized spacial score (nSPS) is 19.9. The summed E-state index contributed by atoms with van der Waals surface area (Å²) >= 11 is 1.66. The van der Waals surface area contributed by atoms with Crippen molar-refractivity contribution in [2.75, 3.05) is 13.2 Å². The maximum absolute atomic E-state index is 5.61. The van der Waals surface area contributed by atoms with E-state index in [-0.39, 0.29) is 12.4 Å². The molecule has 0 bridgehead atoms. The number of thiazole rings is 1. The van der Waals surface area contributed by atoms with Crippen molar-refractivity contribution in [2.45, 2.75) is 44.8 Å². The molecule has 17 heavy (non-hydrogen) atoms. The summed E-state index contributed by atoms with van der Waals surface area (Å²) in [7, 11) is 0. The maximum atomic E-state index is 5.61. The number of hydrogen-bond acceptors (Lipinski definition) is 4. The van der Waals surface area contributed by atoms with Gasteiger partial charge in [0.15, 0.2) is 0 Å². The van der Waals surface area contributed by atoms with Crippen LogP contribution in [0.1, 0.15) is 37.0 Å². The number of rotatable bonds is 6. The Bertz CT molecular complexity index is 276. The largest absolute Gasteiger partial charge is 0.376 e. The molecule has 3 nitrogen and oxygen atoms in total. The highest BCUT2D eigenvalue weighted by Gasteiger charge is 2.11. The molecular weight excluding hydrogens is 256 g/mol. The first-order valence-corrected chi connectivity index (χ1v) is 7.01. The standard InChI is InChI=1S/C12H20N2OS.ClH/c1-2-6-14-11(4-1)5-3-7-15-9-12-8-13-10-16-12;/h8,10-11,14H,1-7,9H2;1H. The van der Waals surface area contributed by atoms with Gasteiger partial charge in [-0.1, -0.05) is 6.42 Å². The van der Waals surface area contributed by atoms with Crippen LogP contribution in [0.2, 0.25) is 0 Å². The van der Waals surface area contributed by atoms with Crippen molar-refractivity contribution >= 4 is 23.7 Å². The molecular formula is C12H21ClN2OS. The van der Waals surface area contributed by atoms with Crippen LogP contribution in [0.4, 0.5) is 0 Å². The zero-order valence-electron chi connectivity index (χ0n) is 10.1. The van der Waals surface area contributed by atoms with Gasteiger partial charge in [0.1, 0.15) is 0 Å². The Labute approximate surface area is 113 Å². The Kier molecular flexibility index (Phi) is 7.77. The molecule has 0 aliphatic carbocycles. The van der Waals surface area contributed by atoms with Gasteiger partial charge < -0.3 is 10.1 Å².